The second-order valence-electron chi connectivity index (χ2n) is 7.41. The Morgan fingerprint density at radius 2 is 1.19 bits per heavy atom. The van der Waals surface area contributed by atoms with E-state index in [2.05, 4.69) is 5.16 Å². The molecule has 2 aromatic rings. The Kier molecular flexibility index (Phi) is 6.43. The maximum atomic E-state index is 12.7. The highest BCUT2D eigenvalue weighted by Gasteiger charge is 2.40. The third kappa shape index (κ3) is 4.91. The highest BCUT2D eigenvalue weighted by atomic mass is 19.4. The van der Waals surface area contributed by atoms with Gasteiger partial charge in [-0.25, -0.2) is 0 Å². The van der Waals surface area contributed by atoms with E-state index in [1.54, 1.807) is 6.07 Å². The maximum Gasteiger partial charge on any atom is 0.416 e. The van der Waals surface area contributed by atoms with E-state index in [-0.39, 0.29) is 22.8 Å². The lowest BCUT2D eigenvalue weighted by molar-refractivity contribution is -0.139. The molecule has 2 unspecified atom stereocenters. The molecule has 31 heavy (non-hydrogen) atoms. The molecule has 4 rings (SSSR count). The van der Waals surface area contributed by atoms with Gasteiger partial charge in [-0.15, -0.1) is 0 Å². The van der Waals surface area contributed by atoms with E-state index in [1.807, 2.05) is 0 Å². The van der Waals surface area contributed by atoms with Crippen LogP contribution in [0, 0.1) is 0 Å². The summed E-state index contributed by atoms with van der Waals surface area (Å²) in [5.74, 6) is -1.02. The first-order chi connectivity index (χ1) is 14.5. The van der Waals surface area contributed by atoms with Crippen molar-refractivity contribution in [3.63, 3.8) is 0 Å². The van der Waals surface area contributed by atoms with Crippen molar-refractivity contribution < 1.29 is 36.3 Å². The smallest absolute Gasteiger partial charge is 0.411 e. The molecule has 0 saturated heterocycles. The number of rotatable bonds is 2. The highest BCUT2D eigenvalue weighted by Crippen LogP contribution is 2.42. The van der Waals surface area contributed by atoms with Gasteiger partial charge >= 0.3 is 12.4 Å². The van der Waals surface area contributed by atoms with E-state index in [1.165, 1.54) is 30.3 Å². The molecule has 2 aliphatic carbocycles. The average molecular weight is 443 g/mol. The van der Waals surface area contributed by atoms with Crippen LogP contribution in [0.1, 0.15) is 59.8 Å². The van der Waals surface area contributed by atoms with Gasteiger partial charge in [-0.3, -0.25) is 4.79 Å². The Bertz CT molecular complexity index is 980. The van der Waals surface area contributed by atoms with Crippen LogP contribution in [0.3, 0.4) is 0 Å². The Balaban J connectivity index is 0.000000176. The summed E-state index contributed by atoms with van der Waals surface area (Å²) in [5.41, 5.74) is -0.559. The van der Waals surface area contributed by atoms with E-state index in [0.29, 0.717) is 31.4 Å². The van der Waals surface area contributed by atoms with Crippen LogP contribution in [0.15, 0.2) is 53.7 Å². The molecule has 0 bridgehead atoms. The number of nitrogens with zero attached hydrogens (tertiary/aromatic N) is 1. The largest absolute Gasteiger partial charge is 0.416 e. The molecule has 1 N–H and O–H groups in total. The fourth-order valence-electron chi connectivity index (χ4n) is 3.73. The molecule has 0 radical (unpaired) electrons. The summed E-state index contributed by atoms with van der Waals surface area (Å²) in [7, 11) is 0. The van der Waals surface area contributed by atoms with E-state index < -0.39 is 29.4 Å². The van der Waals surface area contributed by atoms with Gasteiger partial charge in [0.25, 0.3) is 0 Å². The minimum absolute atomic E-state index is 0.0910. The molecule has 0 heterocycles. The highest BCUT2D eigenvalue weighted by molar-refractivity contribution is 5.96. The first-order valence-corrected chi connectivity index (χ1v) is 9.59. The van der Waals surface area contributed by atoms with Crippen molar-refractivity contribution in [2.45, 2.75) is 49.9 Å². The van der Waals surface area contributed by atoms with Gasteiger partial charge in [-0.1, -0.05) is 41.6 Å². The number of ketones is 1. The fourth-order valence-corrected chi connectivity index (χ4v) is 3.73. The predicted molar refractivity (Wildman–Crippen MR) is 101 cm³/mol. The topological polar surface area (TPSA) is 49.7 Å². The lowest BCUT2D eigenvalue weighted by Gasteiger charge is -2.29. The Hall–Kier alpha value is -2.84. The summed E-state index contributed by atoms with van der Waals surface area (Å²) in [4.78, 5) is 11.1. The zero-order valence-corrected chi connectivity index (χ0v) is 16.2. The second-order valence-corrected chi connectivity index (χ2v) is 7.41. The third-order valence-corrected chi connectivity index (χ3v) is 5.57. The number of alkyl halides is 6. The molecule has 0 spiro atoms. The number of hydrogen-bond acceptors (Lipinski definition) is 3. The van der Waals surface area contributed by atoms with E-state index in [4.69, 9.17) is 5.21 Å². The van der Waals surface area contributed by atoms with Gasteiger partial charge in [0.15, 0.2) is 0 Å². The summed E-state index contributed by atoms with van der Waals surface area (Å²) in [6.07, 6.45) is -6.62. The number of Topliss-reactive ketones (excluding diaryl/α,β-unsaturated/α-hetero) is 1. The Labute approximate surface area is 174 Å². The van der Waals surface area contributed by atoms with Crippen LogP contribution in [0.25, 0.3) is 0 Å². The normalized spacial score (nSPS) is 22.3. The molecule has 2 atom stereocenters. The zero-order valence-electron chi connectivity index (χ0n) is 16.2. The number of hydrogen-bond donors (Lipinski definition) is 1. The van der Waals surface area contributed by atoms with Crippen molar-refractivity contribution in [2.24, 2.45) is 5.16 Å². The molecule has 0 amide bonds. The van der Waals surface area contributed by atoms with Gasteiger partial charge in [0.1, 0.15) is 5.78 Å². The molecule has 2 fully saturated rings. The number of carbonyl (C=O) groups is 1. The first kappa shape index (κ1) is 22.8. The van der Waals surface area contributed by atoms with Crippen LogP contribution in [0.2, 0.25) is 0 Å². The lowest BCUT2D eigenvalue weighted by atomic mass is 9.76. The SMILES string of the molecule is O=C1CCC1c1ccccc1C(F)(F)F.ON=C1CCC1c1ccccc1C(F)(F)F. The van der Waals surface area contributed by atoms with Gasteiger partial charge in [0.05, 0.1) is 16.8 Å². The molecule has 2 saturated carbocycles. The van der Waals surface area contributed by atoms with Crippen LogP contribution < -0.4 is 0 Å². The van der Waals surface area contributed by atoms with Crippen molar-refractivity contribution in [3.8, 4) is 0 Å². The predicted octanol–water partition coefficient (Wildman–Crippen LogP) is 6.56. The number of oxime groups is 1. The molecule has 0 aromatic heterocycles. The molecule has 166 valence electrons. The van der Waals surface area contributed by atoms with E-state index in [0.717, 1.165) is 12.1 Å². The van der Waals surface area contributed by atoms with Gasteiger partial charge < -0.3 is 5.21 Å². The Morgan fingerprint density at radius 1 is 0.742 bits per heavy atom. The minimum Gasteiger partial charge on any atom is -0.411 e. The average Bonchev–Trinajstić information content (AvgIpc) is 2.66. The summed E-state index contributed by atoms with van der Waals surface area (Å²) < 4.78 is 75.8. The van der Waals surface area contributed by atoms with Gasteiger partial charge in [-0.05, 0) is 42.5 Å². The molecular weight excluding hydrogens is 424 g/mol. The van der Waals surface area contributed by atoms with Crippen molar-refractivity contribution in [2.75, 3.05) is 0 Å². The Morgan fingerprint density at radius 3 is 1.52 bits per heavy atom. The van der Waals surface area contributed by atoms with Crippen LogP contribution in [-0.4, -0.2) is 16.7 Å². The maximum absolute atomic E-state index is 12.7. The second kappa shape index (κ2) is 8.72. The third-order valence-electron chi connectivity index (χ3n) is 5.57. The number of halogens is 6. The van der Waals surface area contributed by atoms with E-state index in [9.17, 15) is 31.1 Å². The molecule has 2 aliphatic rings. The fraction of sp³-hybridized carbons (Fsp3) is 0.364. The number of carbonyl (C=O) groups excluding carboxylic acids is 1. The molecule has 9 heteroatoms. The number of benzene rings is 2. The molecule has 2 aromatic carbocycles. The summed E-state index contributed by atoms with van der Waals surface area (Å²) in [6, 6.07) is 10.7. The summed E-state index contributed by atoms with van der Waals surface area (Å²) >= 11 is 0. The molecule has 0 aliphatic heterocycles. The van der Waals surface area contributed by atoms with Gasteiger partial charge in [-0.2, -0.15) is 26.3 Å². The van der Waals surface area contributed by atoms with Crippen LogP contribution >= 0.6 is 0 Å². The van der Waals surface area contributed by atoms with Gasteiger partial charge in [0, 0.05) is 18.3 Å². The molecular formula is C22H19F6NO2. The summed E-state index contributed by atoms with van der Waals surface area (Å²) in [6.45, 7) is 0. The van der Waals surface area contributed by atoms with Crippen molar-refractivity contribution >= 4 is 11.5 Å². The van der Waals surface area contributed by atoms with Crippen LogP contribution in [0.4, 0.5) is 26.3 Å². The minimum atomic E-state index is -4.37. The lowest BCUT2D eigenvalue weighted by Crippen LogP contribution is -2.26. The molecule has 3 nitrogen and oxygen atoms in total. The van der Waals surface area contributed by atoms with Gasteiger partial charge in [0.2, 0.25) is 0 Å². The van der Waals surface area contributed by atoms with Crippen molar-refractivity contribution in [1.29, 1.82) is 0 Å². The van der Waals surface area contributed by atoms with Crippen molar-refractivity contribution in [3.05, 3.63) is 70.8 Å². The standard InChI is InChI=1S/C11H10F3NO.C11H9F3O/c12-11(13,14)9-4-2-1-3-7(9)8-5-6-10(8)15-16;12-11(13,14)9-4-2-1-3-7(9)8-5-6-10(8)15/h1-4,8,16H,5-6H2;1-4,8H,5-6H2. The van der Waals surface area contributed by atoms with Crippen LogP contribution in [0.5, 0.6) is 0 Å². The first-order valence-electron chi connectivity index (χ1n) is 9.59. The quantitative estimate of drug-likeness (QED) is 0.324. The van der Waals surface area contributed by atoms with Crippen molar-refractivity contribution in [1.82, 2.24) is 0 Å². The summed E-state index contributed by atoms with van der Waals surface area (Å²) in [5, 5.41) is 11.6. The van der Waals surface area contributed by atoms with Crippen LogP contribution in [-0.2, 0) is 17.1 Å². The monoisotopic (exact) mass is 443 g/mol. The van der Waals surface area contributed by atoms with E-state index >= 15 is 0 Å². The zero-order chi connectivity index (χ0) is 22.8.